The second-order valence-corrected chi connectivity index (χ2v) is 8.42. The van der Waals surface area contributed by atoms with E-state index in [0.29, 0.717) is 28.2 Å². The summed E-state index contributed by atoms with van der Waals surface area (Å²) >= 11 is 7.19. The first-order valence-corrected chi connectivity index (χ1v) is 11.2. The van der Waals surface area contributed by atoms with Gasteiger partial charge in [-0.15, -0.1) is 16.8 Å². The third kappa shape index (κ3) is 5.89. The molecule has 3 aromatic rings. The number of aromatic nitrogens is 3. The first kappa shape index (κ1) is 22.9. The van der Waals surface area contributed by atoms with Gasteiger partial charge in [-0.2, -0.15) is 0 Å². The maximum absolute atomic E-state index is 12.3. The van der Waals surface area contributed by atoms with E-state index < -0.39 is 0 Å². The van der Waals surface area contributed by atoms with Crippen molar-refractivity contribution in [2.75, 3.05) is 11.1 Å². The van der Waals surface area contributed by atoms with Gasteiger partial charge >= 0.3 is 0 Å². The van der Waals surface area contributed by atoms with E-state index in [0.717, 1.165) is 11.3 Å². The molecule has 1 aromatic heterocycles. The molecule has 1 unspecified atom stereocenters. The second kappa shape index (κ2) is 10.5. The van der Waals surface area contributed by atoms with Gasteiger partial charge in [-0.1, -0.05) is 41.6 Å². The highest BCUT2D eigenvalue weighted by atomic mass is 35.5. The first-order valence-electron chi connectivity index (χ1n) is 9.84. The van der Waals surface area contributed by atoms with E-state index in [1.165, 1.54) is 17.3 Å². The summed E-state index contributed by atoms with van der Waals surface area (Å²) < 4.78 is 8.09. The van der Waals surface area contributed by atoms with E-state index >= 15 is 0 Å². The van der Waals surface area contributed by atoms with Gasteiger partial charge in [0.05, 0.1) is 5.75 Å². The van der Waals surface area contributed by atoms with Crippen molar-refractivity contribution in [3.63, 3.8) is 0 Å². The highest BCUT2D eigenvalue weighted by molar-refractivity contribution is 7.99. The number of carbonyl (C=O) groups is 1. The number of nitrogens with zero attached hydrogens (tertiary/aromatic N) is 3. The molecule has 31 heavy (non-hydrogen) atoms. The lowest BCUT2D eigenvalue weighted by Gasteiger charge is -2.18. The van der Waals surface area contributed by atoms with Crippen molar-refractivity contribution in [1.29, 1.82) is 0 Å². The number of anilines is 1. The third-order valence-electron chi connectivity index (χ3n) is 4.74. The van der Waals surface area contributed by atoms with Crippen LogP contribution in [-0.4, -0.2) is 26.4 Å². The monoisotopic (exact) mass is 456 g/mol. The van der Waals surface area contributed by atoms with E-state index in [4.69, 9.17) is 16.3 Å². The Bertz CT molecular complexity index is 1070. The van der Waals surface area contributed by atoms with Gasteiger partial charge < -0.3 is 10.1 Å². The van der Waals surface area contributed by atoms with Crippen LogP contribution in [0.5, 0.6) is 5.75 Å². The number of hydrogen-bond acceptors (Lipinski definition) is 5. The normalized spacial score (nSPS) is 11.7. The topological polar surface area (TPSA) is 69.0 Å². The third-order valence-corrected chi connectivity index (χ3v) is 5.96. The van der Waals surface area contributed by atoms with Crippen molar-refractivity contribution < 1.29 is 9.53 Å². The van der Waals surface area contributed by atoms with Crippen LogP contribution >= 0.6 is 23.4 Å². The fraction of sp³-hybridized carbons (Fsp3) is 0.261. The smallest absolute Gasteiger partial charge is 0.234 e. The van der Waals surface area contributed by atoms with Crippen LogP contribution < -0.4 is 10.1 Å². The number of benzene rings is 2. The number of aryl methyl sites for hydroxylation is 1. The average molecular weight is 457 g/mol. The van der Waals surface area contributed by atoms with Gasteiger partial charge in [0.1, 0.15) is 5.75 Å². The summed E-state index contributed by atoms with van der Waals surface area (Å²) in [7, 11) is 0. The quantitative estimate of drug-likeness (QED) is 0.335. The Morgan fingerprint density at radius 1 is 1.26 bits per heavy atom. The molecule has 6 nitrogen and oxygen atoms in total. The Kier molecular flexibility index (Phi) is 7.76. The van der Waals surface area contributed by atoms with Crippen LogP contribution in [0.25, 0.3) is 0 Å². The average Bonchev–Trinajstić information content (AvgIpc) is 3.14. The molecule has 1 amide bonds. The van der Waals surface area contributed by atoms with E-state index in [1.54, 1.807) is 30.3 Å². The number of nitrogens with one attached hydrogen (secondary N) is 1. The maximum atomic E-state index is 12.3. The summed E-state index contributed by atoms with van der Waals surface area (Å²) in [4.78, 5) is 12.3. The lowest BCUT2D eigenvalue weighted by atomic mass is 10.1. The molecule has 162 valence electrons. The van der Waals surface area contributed by atoms with Crippen molar-refractivity contribution in [2.45, 2.75) is 38.6 Å². The largest absolute Gasteiger partial charge is 0.482 e. The maximum Gasteiger partial charge on any atom is 0.234 e. The van der Waals surface area contributed by atoms with E-state index in [1.807, 2.05) is 30.5 Å². The molecule has 1 N–H and O–H groups in total. The Hall–Kier alpha value is -2.77. The SMILES string of the molecule is C=CCn1c(SCC(=O)Nc2ccc(Cl)cc2)nnc1C(C)Oc1cccc(C)c1C. The van der Waals surface area contributed by atoms with E-state index in [2.05, 4.69) is 35.1 Å². The number of halogens is 1. The minimum Gasteiger partial charge on any atom is -0.482 e. The summed E-state index contributed by atoms with van der Waals surface area (Å²) in [6.45, 7) is 10.4. The van der Waals surface area contributed by atoms with Crippen LogP contribution in [-0.2, 0) is 11.3 Å². The van der Waals surface area contributed by atoms with Crippen molar-refractivity contribution in [3.05, 3.63) is 77.1 Å². The minimum atomic E-state index is -0.315. The van der Waals surface area contributed by atoms with Crippen molar-refractivity contribution in [3.8, 4) is 5.75 Å². The van der Waals surface area contributed by atoms with Crippen LogP contribution in [0.3, 0.4) is 0 Å². The molecule has 1 heterocycles. The molecule has 0 fully saturated rings. The van der Waals surface area contributed by atoms with Gasteiger partial charge in [0.2, 0.25) is 5.91 Å². The number of thioether (sulfide) groups is 1. The number of carbonyl (C=O) groups excluding carboxylic acids is 1. The van der Waals surface area contributed by atoms with Crippen molar-refractivity contribution in [1.82, 2.24) is 14.8 Å². The Balaban J connectivity index is 1.69. The Morgan fingerprint density at radius 2 is 2.00 bits per heavy atom. The molecule has 3 rings (SSSR count). The molecular formula is C23H25ClN4O2S. The molecule has 0 aliphatic rings. The lowest BCUT2D eigenvalue weighted by Crippen LogP contribution is -2.15. The predicted octanol–water partition coefficient (Wildman–Crippen LogP) is 5.61. The molecule has 0 bridgehead atoms. The van der Waals surface area contributed by atoms with Crippen LogP contribution in [0.4, 0.5) is 5.69 Å². The molecule has 0 saturated carbocycles. The molecule has 0 aliphatic heterocycles. The molecular weight excluding hydrogens is 432 g/mol. The molecule has 0 saturated heterocycles. The summed E-state index contributed by atoms with van der Waals surface area (Å²) in [6.07, 6.45) is 1.46. The number of allylic oxidation sites excluding steroid dienone is 1. The van der Waals surface area contributed by atoms with Crippen molar-refractivity contribution in [2.24, 2.45) is 0 Å². The molecule has 8 heteroatoms. The van der Waals surface area contributed by atoms with Crippen molar-refractivity contribution >= 4 is 35.0 Å². The highest BCUT2D eigenvalue weighted by Crippen LogP contribution is 2.28. The standard InChI is InChI=1S/C23H25ClN4O2S/c1-5-13-28-22(17(4)30-20-8-6-7-15(2)16(20)3)26-27-23(28)31-14-21(29)25-19-11-9-18(24)10-12-19/h5-12,17H,1,13-14H2,2-4H3,(H,25,29). The Morgan fingerprint density at radius 3 is 2.71 bits per heavy atom. The lowest BCUT2D eigenvalue weighted by molar-refractivity contribution is -0.113. The fourth-order valence-corrected chi connectivity index (χ4v) is 3.84. The Labute approximate surface area is 191 Å². The second-order valence-electron chi connectivity index (χ2n) is 7.04. The van der Waals surface area contributed by atoms with Gasteiger partial charge in [-0.3, -0.25) is 9.36 Å². The zero-order valence-corrected chi connectivity index (χ0v) is 19.3. The van der Waals surface area contributed by atoms with Crippen LogP contribution in [0.1, 0.15) is 30.0 Å². The van der Waals surface area contributed by atoms with Gasteiger partial charge in [0.15, 0.2) is 17.1 Å². The number of ether oxygens (including phenoxy) is 1. The van der Waals surface area contributed by atoms with E-state index in [9.17, 15) is 4.79 Å². The minimum absolute atomic E-state index is 0.137. The van der Waals surface area contributed by atoms with Gasteiger partial charge in [-0.25, -0.2) is 0 Å². The summed E-state index contributed by atoms with van der Waals surface area (Å²) in [5.74, 6) is 1.56. The molecule has 0 radical (unpaired) electrons. The summed E-state index contributed by atoms with van der Waals surface area (Å²) in [5, 5.41) is 12.7. The van der Waals surface area contributed by atoms with Crippen LogP contribution in [0.2, 0.25) is 5.02 Å². The zero-order chi connectivity index (χ0) is 22.4. The number of hydrogen-bond donors (Lipinski definition) is 1. The molecule has 0 spiro atoms. The van der Waals surface area contributed by atoms with E-state index in [-0.39, 0.29) is 17.8 Å². The first-order chi connectivity index (χ1) is 14.9. The fourth-order valence-electron chi connectivity index (χ4n) is 2.96. The number of rotatable bonds is 9. The highest BCUT2D eigenvalue weighted by Gasteiger charge is 2.20. The molecule has 0 aliphatic carbocycles. The molecule has 2 aromatic carbocycles. The summed E-state index contributed by atoms with van der Waals surface area (Å²) in [5.41, 5.74) is 2.96. The van der Waals surface area contributed by atoms with Crippen LogP contribution in [0.15, 0.2) is 60.3 Å². The number of amides is 1. The molecule has 1 atom stereocenters. The van der Waals surface area contributed by atoms with Gasteiger partial charge in [0.25, 0.3) is 0 Å². The van der Waals surface area contributed by atoms with Crippen LogP contribution in [0, 0.1) is 13.8 Å². The van der Waals surface area contributed by atoms with Gasteiger partial charge in [-0.05, 0) is 62.2 Å². The zero-order valence-electron chi connectivity index (χ0n) is 17.8. The van der Waals surface area contributed by atoms with Gasteiger partial charge in [0, 0.05) is 17.3 Å². The summed E-state index contributed by atoms with van der Waals surface area (Å²) in [6, 6.07) is 13.0. The predicted molar refractivity (Wildman–Crippen MR) is 126 cm³/mol.